The highest BCUT2D eigenvalue weighted by atomic mass is 32.2. The molecule has 1 aromatic heterocycles. The van der Waals surface area contributed by atoms with Gasteiger partial charge in [-0.2, -0.15) is 13.1 Å². The molecule has 3 atom stereocenters. The molecule has 1 aromatic carbocycles. The predicted molar refractivity (Wildman–Crippen MR) is 120 cm³/mol. The van der Waals surface area contributed by atoms with E-state index in [4.69, 9.17) is 4.74 Å². The second-order valence-electron chi connectivity index (χ2n) is 9.37. The molecule has 0 N–H and O–H groups in total. The summed E-state index contributed by atoms with van der Waals surface area (Å²) < 4.78 is 42.2. The molecule has 2 aromatic rings. The molecular weight excluding hydrogens is 434 g/mol. The lowest BCUT2D eigenvalue weighted by Gasteiger charge is -2.38. The maximum Gasteiger partial charge on any atom is 0.309 e. The van der Waals surface area contributed by atoms with E-state index >= 15 is 0 Å². The van der Waals surface area contributed by atoms with Crippen molar-refractivity contribution in [1.29, 1.82) is 0 Å². The van der Waals surface area contributed by atoms with Gasteiger partial charge in [0.1, 0.15) is 22.0 Å². The van der Waals surface area contributed by atoms with Gasteiger partial charge < -0.3 is 4.74 Å². The Morgan fingerprint density at radius 3 is 2.61 bits per heavy atom. The Bertz CT molecular complexity index is 1030. The molecule has 31 heavy (non-hydrogen) atoms. The third kappa shape index (κ3) is 4.64. The first kappa shape index (κ1) is 22.6. The number of hydrogen-bond acceptors (Lipinski definition) is 7. The molecule has 7 nitrogen and oxygen atoms in total. The molecule has 1 aliphatic carbocycles. The van der Waals surface area contributed by atoms with Crippen LogP contribution in [0.2, 0.25) is 0 Å². The Hall–Kier alpha value is -1.58. The van der Waals surface area contributed by atoms with Crippen molar-refractivity contribution >= 4 is 38.8 Å². The normalized spacial score (nSPS) is 26.4. The van der Waals surface area contributed by atoms with Crippen molar-refractivity contribution in [3.8, 4) is 0 Å². The Kier molecular flexibility index (Phi) is 6.65. The molecule has 1 saturated carbocycles. The molecular formula is C22H31N3O4S2. The Balaban J connectivity index is 1.40. The number of nitrogens with zero attached hydrogens (tertiary/aromatic N) is 3. The summed E-state index contributed by atoms with van der Waals surface area (Å²) in [6, 6.07) is 5.03. The number of aromatic nitrogens is 2. The smallest absolute Gasteiger partial charge is 0.309 e. The SMILES string of the molecule is CC(C)[C@@H]1CC[C@@H](C)C[C@@H]1OC(=O)C1CCN(S(=O)(=O)c2cccc3nsnc23)CC1. The molecule has 170 valence electrons. The van der Waals surface area contributed by atoms with E-state index in [1.54, 1.807) is 18.2 Å². The minimum atomic E-state index is -3.68. The highest BCUT2D eigenvalue weighted by molar-refractivity contribution is 7.89. The van der Waals surface area contributed by atoms with Crippen LogP contribution in [0.25, 0.3) is 11.0 Å². The zero-order valence-electron chi connectivity index (χ0n) is 18.4. The van der Waals surface area contributed by atoms with Crippen LogP contribution in [-0.2, 0) is 19.6 Å². The van der Waals surface area contributed by atoms with E-state index in [9.17, 15) is 13.2 Å². The Morgan fingerprint density at radius 2 is 1.90 bits per heavy atom. The molecule has 0 unspecified atom stereocenters. The molecule has 2 aliphatic rings. The number of hydrogen-bond donors (Lipinski definition) is 0. The first-order valence-electron chi connectivity index (χ1n) is 11.2. The molecule has 1 aliphatic heterocycles. The third-order valence-electron chi connectivity index (χ3n) is 6.88. The van der Waals surface area contributed by atoms with Crippen LogP contribution in [0.15, 0.2) is 23.1 Å². The van der Waals surface area contributed by atoms with Crippen molar-refractivity contribution in [2.24, 2.45) is 23.7 Å². The van der Waals surface area contributed by atoms with Crippen molar-refractivity contribution in [1.82, 2.24) is 13.1 Å². The molecule has 0 bridgehead atoms. The van der Waals surface area contributed by atoms with Crippen LogP contribution in [-0.4, -0.2) is 46.6 Å². The van der Waals surface area contributed by atoms with Crippen molar-refractivity contribution in [3.05, 3.63) is 18.2 Å². The molecule has 1 saturated heterocycles. The molecule has 2 fully saturated rings. The van der Waals surface area contributed by atoms with E-state index in [2.05, 4.69) is 29.5 Å². The molecule has 2 heterocycles. The lowest BCUT2D eigenvalue weighted by Crippen LogP contribution is -2.42. The van der Waals surface area contributed by atoms with Gasteiger partial charge in [-0.15, -0.1) is 0 Å². The van der Waals surface area contributed by atoms with Gasteiger partial charge in [0.2, 0.25) is 10.0 Å². The summed E-state index contributed by atoms with van der Waals surface area (Å²) in [4.78, 5) is 13.1. The number of carbonyl (C=O) groups is 1. The van der Waals surface area contributed by atoms with Crippen LogP contribution < -0.4 is 0 Å². The van der Waals surface area contributed by atoms with Crippen LogP contribution in [0.1, 0.15) is 52.9 Å². The van der Waals surface area contributed by atoms with E-state index in [1.807, 2.05) is 0 Å². The predicted octanol–water partition coefficient (Wildman–Crippen LogP) is 4.10. The second kappa shape index (κ2) is 9.11. The van der Waals surface area contributed by atoms with Gasteiger partial charge in [-0.25, -0.2) is 8.42 Å². The summed E-state index contributed by atoms with van der Waals surface area (Å²) in [5.74, 6) is 1.07. The number of ether oxygens (including phenoxy) is 1. The van der Waals surface area contributed by atoms with E-state index in [-0.39, 0.29) is 22.9 Å². The van der Waals surface area contributed by atoms with Crippen molar-refractivity contribution in [2.75, 3.05) is 13.1 Å². The number of sulfonamides is 1. The molecule has 4 rings (SSSR count). The molecule has 9 heteroatoms. The van der Waals surface area contributed by atoms with E-state index in [1.165, 1.54) is 10.7 Å². The first-order chi connectivity index (χ1) is 14.8. The van der Waals surface area contributed by atoms with Crippen molar-refractivity contribution in [2.45, 2.75) is 63.9 Å². The summed E-state index contributed by atoms with van der Waals surface area (Å²) in [7, 11) is -3.68. The second-order valence-corrected chi connectivity index (χ2v) is 11.8. The van der Waals surface area contributed by atoms with Crippen molar-refractivity contribution in [3.63, 3.8) is 0 Å². The van der Waals surface area contributed by atoms with Gasteiger partial charge >= 0.3 is 5.97 Å². The topological polar surface area (TPSA) is 89.5 Å². The summed E-state index contributed by atoms with van der Waals surface area (Å²) in [5, 5.41) is 0. The number of rotatable bonds is 5. The average molecular weight is 466 g/mol. The van der Waals surface area contributed by atoms with Crippen LogP contribution in [0, 0.1) is 23.7 Å². The fourth-order valence-corrected chi connectivity index (χ4v) is 7.18. The quantitative estimate of drug-likeness (QED) is 0.618. The largest absolute Gasteiger partial charge is 0.462 e. The highest BCUT2D eigenvalue weighted by Gasteiger charge is 2.37. The van der Waals surface area contributed by atoms with Gasteiger partial charge in [-0.3, -0.25) is 4.79 Å². The van der Waals surface area contributed by atoms with Gasteiger partial charge in [0.15, 0.2) is 0 Å². The first-order valence-corrected chi connectivity index (χ1v) is 13.4. The summed E-state index contributed by atoms with van der Waals surface area (Å²) in [5.41, 5.74) is 1.01. The molecule has 0 radical (unpaired) electrons. The summed E-state index contributed by atoms with van der Waals surface area (Å²) >= 11 is 1.01. The Labute approximate surface area is 188 Å². The van der Waals surface area contributed by atoms with Crippen LogP contribution in [0.4, 0.5) is 0 Å². The summed E-state index contributed by atoms with van der Waals surface area (Å²) in [6.45, 7) is 7.24. The van der Waals surface area contributed by atoms with Crippen molar-refractivity contribution < 1.29 is 17.9 Å². The van der Waals surface area contributed by atoms with Gasteiger partial charge in [-0.1, -0.05) is 33.3 Å². The van der Waals surface area contributed by atoms with Gasteiger partial charge in [0, 0.05) is 13.1 Å². The zero-order valence-corrected chi connectivity index (χ0v) is 20.0. The maximum absolute atomic E-state index is 13.2. The lowest BCUT2D eigenvalue weighted by molar-refractivity contribution is -0.162. The van der Waals surface area contributed by atoms with Crippen LogP contribution in [0.3, 0.4) is 0 Å². The third-order valence-corrected chi connectivity index (χ3v) is 9.36. The fraction of sp³-hybridized carbons (Fsp3) is 0.682. The number of fused-ring (bicyclic) bond motifs is 1. The standard InChI is InChI=1S/C22H31N3O4S2/c1-14(2)17-8-7-15(3)13-19(17)29-22(26)16-9-11-25(12-10-16)31(27,28)20-6-4-5-18-21(20)24-30-23-18/h4-6,14-17,19H,7-13H2,1-3H3/t15-,17+,19+/m1/s1. The average Bonchev–Trinajstić information content (AvgIpc) is 3.22. The fourth-order valence-electron chi connectivity index (χ4n) is 4.96. The number of carbonyl (C=O) groups excluding carboxylic acids is 1. The minimum Gasteiger partial charge on any atom is -0.462 e. The van der Waals surface area contributed by atoms with Crippen LogP contribution >= 0.6 is 11.7 Å². The van der Waals surface area contributed by atoms with E-state index in [0.29, 0.717) is 54.7 Å². The van der Waals surface area contributed by atoms with E-state index in [0.717, 1.165) is 24.6 Å². The number of esters is 1. The van der Waals surface area contributed by atoms with Gasteiger partial charge in [0.25, 0.3) is 0 Å². The maximum atomic E-state index is 13.2. The highest BCUT2D eigenvalue weighted by Crippen LogP contribution is 2.36. The molecule has 0 spiro atoms. The lowest BCUT2D eigenvalue weighted by atomic mass is 9.75. The Morgan fingerprint density at radius 1 is 1.16 bits per heavy atom. The number of benzene rings is 1. The van der Waals surface area contributed by atoms with E-state index < -0.39 is 10.0 Å². The van der Waals surface area contributed by atoms with Gasteiger partial charge in [0.05, 0.1) is 17.6 Å². The van der Waals surface area contributed by atoms with Gasteiger partial charge in [-0.05, 0) is 55.6 Å². The monoisotopic (exact) mass is 465 g/mol. The number of piperidine rings is 1. The zero-order chi connectivity index (χ0) is 22.2. The molecule has 0 amide bonds. The van der Waals surface area contributed by atoms with Crippen LogP contribution in [0.5, 0.6) is 0 Å². The minimum absolute atomic E-state index is 0.0206. The summed E-state index contributed by atoms with van der Waals surface area (Å²) in [6.07, 6.45) is 4.16.